The molecular weight excluding hydrogens is 258 g/mol. The van der Waals surface area contributed by atoms with E-state index >= 15 is 0 Å². The normalized spacial score (nSPS) is 10.4. The van der Waals surface area contributed by atoms with Crippen LogP contribution in [0, 0.1) is 0 Å². The minimum absolute atomic E-state index is 0.136. The van der Waals surface area contributed by atoms with Gasteiger partial charge >= 0.3 is 5.97 Å². The van der Waals surface area contributed by atoms with Crippen molar-refractivity contribution in [3.63, 3.8) is 0 Å². The maximum Gasteiger partial charge on any atom is 0.303 e. The number of carboxylic acids is 1. The quantitative estimate of drug-likeness (QED) is 0.563. The fraction of sp³-hybridized carbons (Fsp3) is 0.333. The lowest BCUT2D eigenvalue weighted by atomic mass is 10.2. The molecule has 0 bridgehead atoms. The number of ether oxygens (including phenoxy) is 1. The van der Waals surface area contributed by atoms with Crippen molar-refractivity contribution in [3.8, 4) is 5.75 Å². The van der Waals surface area contributed by atoms with Gasteiger partial charge in [-0.15, -0.1) is 0 Å². The van der Waals surface area contributed by atoms with E-state index in [1.807, 2.05) is 24.3 Å². The Labute approximate surface area is 118 Å². The van der Waals surface area contributed by atoms with Crippen molar-refractivity contribution in [1.29, 1.82) is 0 Å². The Morgan fingerprint density at radius 2 is 1.95 bits per heavy atom. The summed E-state index contributed by atoms with van der Waals surface area (Å²) in [7, 11) is 1.60. The van der Waals surface area contributed by atoms with Gasteiger partial charge in [-0.1, -0.05) is 12.1 Å². The number of nitrogens with one attached hydrogen (secondary N) is 1. The SMILES string of the molecule is COc1ccc(C=CC(=O)NCCCCC(=O)O)cc1. The molecule has 0 saturated carbocycles. The maximum absolute atomic E-state index is 11.5. The summed E-state index contributed by atoms with van der Waals surface area (Å²) in [6, 6.07) is 7.36. The summed E-state index contributed by atoms with van der Waals surface area (Å²) in [5.74, 6) is -0.225. The molecule has 1 rings (SSSR count). The highest BCUT2D eigenvalue weighted by atomic mass is 16.5. The number of carbonyl (C=O) groups is 2. The van der Waals surface area contributed by atoms with Crippen LogP contribution in [0.2, 0.25) is 0 Å². The third kappa shape index (κ3) is 6.58. The minimum atomic E-state index is -0.810. The van der Waals surface area contributed by atoms with Gasteiger partial charge in [-0.05, 0) is 36.6 Å². The lowest BCUT2D eigenvalue weighted by Crippen LogP contribution is -2.22. The van der Waals surface area contributed by atoms with Gasteiger partial charge in [0.05, 0.1) is 7.11 Å². The van der Waals surface area contributed by atoms with E-state index in [2.05, 4.69) is 5.32 Å². The van der Waals surface area contributed by atoms with Gasteiger partial charge in [-0.2, -0.15) is 0 Å². The van der Waals surface area contributed by atoms with Crippen LogP contribution >= 0.6 is 0 Å². The van der Waals surface area contributed by atoms with Crippen molar-refractivity contribution in [3.05, 3.63) is 35.9 Å². The highest BCUT2D eigenvalue weighted by Crippen LogP contribution is 2.12. The first-order chi connectivity index (χ1) is 9.61. The second-order valence-corrected chi connectivity index (χ2v) is 4.25. The van der Waals surface area contributed by atoms with Crippen LogP contribution in [0.4, 0.5) is 0 Å². The molecule has 1 aromatic rings. The van der Waals surface area contributed by atoms with E-state index in [-0.39, 0.29) is 12.3 Å². The number of rotatable bonds is 8. The topological polar surface area (TPSA) is 75.6 Å². The van der Waals surface area contributed by atoms with E-state index in [9.17, 15) is 9.59 Å². The zero-order valence-corrected chi connectivity index (χ0v) is 11.5. The first kappa shape index (κ1) is 15.8. The minimum Gasteiger partial charge on any atom is -0.497 e. The van der Waals surface area contributed by atoms with Crippen LogP contribution in [-0.4, -0.2) is 30.6 Å². The second kappa shape index (κ2) is 8.74. The Balaban J connectivity index is 2.26. The summed E-state index contributed by atoms with van der Waals surface area (Å²) in [4.78, 5) is 21.8. The molecule has 0 heterocycles. The molecule has 108 valence electrons. The first-order valence-electron chi connectivity index (χ1n) is 6.43. The van der Waals surface area contributed by atoms with E-state index in [1.165, 1.54) is 6.08 Å². The van der Waals surface area contributed by atoms with Gasteiger partial charge in [0.1, 0.15) is 5.75 Å². The van der Waals surface area contributed by atoms with Crippen molar-refractivity contribution >= 4 is 18.0 Å². The molecule has 0 spiro atoms. The van der Waals surface area contributed by atoms with Crippen LogP contribution in [0.5, 0.6) is 5.75 Å². The van der Waals surface area contributed by atoms with E-state index in [0.717, 1.165) is 11.3 Å². The number of hydrogen-bond acceptors (Lipinski definition) is 3. The summed E-state index contributed by atoms with van der Waals surface area (Å²) in [5, 5.41) is 11.2. The molecule has 1 aromatic carbocycles. The van der Waals surface area contributed by atoms with E-state index in [4.69, 9.17) is 9.84 Å². The second-order valence-electron chi connectivity index (χ2n) is 4.25. The zero-order chi connectivity index (χ0) is 14.8. The highest BCUT2D eigenvalue weighted by molar-refractivity contribution is 5.91. The van der Waals surface area contributed by atoms with Crippen LogP contribution in [0.1, 0.15) is 24.8 Å². The third-order valence-corrected chi connectivity index (χ3v) is 2.66. The molecule has 2 N–H and O–H groups in total. The molecule has 0 radical (unpaired) electrons. The van der Waals surface area contributed by atoms with Crippen LogP contribution in [0.25, 0.3) is 6.08 Å². The lowest BCUT2D eigenvalue weighted by molar-refractivity contribution is -0.137. The molecule has 0 aliphatic heterocycles. The summed E-state index contributed by atoms with van der Waals surface area (Å²) in [6.45, 7) is 0.485. The third-order valence-electron chi connectivity index (χ3n) is 2.66. The number of amides is 1. The summed E-state index contributed by atoms with van der Waals surface area (Å²) in [5.41, 5.74) is 0.909. The van der Waals surface area contributed by atoms with Crippen LogP contribution < -0.4 is 10.1 Å². The number of hydrogen-bond donors (Lipinski definition) is 2. The van der Waals surface area contributed by atoms with Gasteiger partial charge in [-0.3, -0.25) is 9.59 Å². The molecule has 1 amide bonds. The van der Waals surface area contributed by atoms with Crippen molar-refractivity contribution < 1.29 is 19.4 Å². The number of carbonyl (C=O) groups excluding carboxylic acids is 1. The predicted octanol–water partition coefficient (Wildman–Crippen LogP) is 2.08. The first-order valence-corrected chi connectivity index (χ1v) is 6.43. The Morgan fingerprint density at radius 3 is 2.55 bits per heavy atom. The molecule has 0 saturated heterocycles. The maximum atomic E-state index is 11.5. The number of aliphatic carboxylic acids is 1. The largest absolute Gasteiger partial charge is 0.497 e. The Bertz CT molecular complexity index is 465. The summed E-state index contributed by atoms with van der Waals surface area (Å²) < 4.78 is 5.04. The summed E-state index contributed by atoms with van der Waals surface area (Å²) >= 11 is 0. The van der Waals surface area contributed by atoms with Gasteiger partial charge in [0, 0.05) is 19.0 Å². The van der Waals surface area contributed by atoms with Crippen LogP contribution in [-0.2, 0) is 9.59 Å². The fourth-order valence-electron chi connectivity index (χ4n) is 1.56. The van der Waals surface area contributed by atoms with E-state index in [1.54, 1.807) is 13.2 Å². The van der Waals surface area contributed by atoms with Gasteiger partial charge < -0.3 is 15.2 Å². The van der Waals surface area contributed by atoms with Crippen LogP contribution in [0.3, 0.4) is 0 Å². The smallest absolute Gasteiger partial charge is 0.303 e. The van der Waals surface area contributed by atoms with Gasteiger partial charge in [0.25, 0.3) is 0 Å². The number of benzene rings is 1. The standard InChI is InChI=1S/C15H19NO4/c1-20-13-8-5-12(6-9-13)7-10-14(17)16-11-3-2-4-15(18)19/h5-10H,2-4,11H2,1H3,(H,16,17)(H,18,19). The van der Waals surface area contributed by atoms with Crippen molar-refractivity contribution in [2.24, 2.45) is 0 Å². The van der Waals surface area contributed by atoms with Crippen molar-refractivity contribution in [1.82, 2.24) is 5.32 Å². The molecule has 0 atom stereocenters. The Kier molecular flexibility index (Phi) is 6.89. The fourth-order valence-corrected chi connectivity index (χ4v) is 1.56. The molecule has 0 fully saturated rings. The Morgan fingerprint density at radius 1 is 1.25 bits per heavy atom. The van der Waals surface area contributed by atoms with Gasteiger partial charge in [-0.25, -0.2) is 0 Å². The van der Waals surface area contributed by atoms with Crippen molar-refractivity contribution in [2.75, 3.05) is 13.7 Å². The number of carboxylic acid groups (broad SMARTS) is 1. The molecule has 0 aromatic heterocycles. The monoisotopic (exact) mass is 277 g/mol. The molecule has 0 aliphatic carbocycles. The number of methoxy groups -OCH3 is 1. The average Bonchev–Trinajstić information content (AvgIpc) is 2.45. The van der Waals surface area contributed by atoms with Gasteiger partial charge in [0.15, 0.2) is 0 Å². The molecule has 5 nitrogen and oxygen atoms in total. The van der Waals surface area contributed by atoms with E-state index in [0.29, 0.717) is 19.4 Å². The predicted molar refractivity (Wildman–Crippen MR) is 76.5 cm³/mol. The highest BCUT2D eigenvalue weighted by Gasteiger charge is 1.98. The summed E-state index contributed by atoms with van der Waals surface area (Å²) in [6.07, 6.45) is 4.54. The molecule has 0 unspecified atom stereocenters. The average molecular weight is 277 g/mol. The van der Waals surface area contributed by atoms with Gasteiger partial charge in [0.2, 0.25) is 5.91 Å². The molecule has 5 heteroatoms. The zero-order valence-electron chi connectivity index (χ0n) is 11.5. The molecule has 20 heavy (non-hydrogen) atoms. The Hall–Kier alpha value is -2.30. The van der Waals surface area contributed by atoms with Crippen molar-refractivity contribution in [2.45, 2.75) is 19.3 Å². The molecular formula is C15H19NO4. The number of unbranched alkanes of at least 4 members (excludes halogenated alkanes) is 1. The van der Waals surface area contributed by atoms with E-state index < -0.39 is 5.97 Å². The molecule has 0 aliphatic rings. The lowest BCUT2D eigenvalue weighted by Gasteiger charge is -2.01. The van der Waals surface area contributed by atoms with Crippen LogP contribution in [0.15, 0.2) is 30.3 Å².